The normalized spacial score (nSPS) is 18.4. The maximum atomic E-state index is 13.0. The first-order valence-corrected chi connectivity index (χ1v) is 9.97. The summed E-state index contributed by atoms with van der Waals surface area (Å²) in [7, 11) is 0. The van der Waals surface area contributed by atoms with Gasteiger partial charge < -0.3 is 10.2 Å². The van der Waals surface area contributed by atoms with Gasteiger partial charge in [0.15, 0.2) is 0 Å². The molecule has 0 bridgehead atoms. The first-order valence-electron chi connectivity index (χ1n) is 9.97. The number of likely N-dealkylation sites (tertiary alicyclic amines) is 1. The lowest BCUT2D eigenvalue weighted by Crippen LogP contribution is -2.57. The molecular formula is C22H25N5O. The van der Waals surface area contributed by atoms with Crippen molar-refractivity contribution >= 4 is 11.7 Å². The van der Waals surface area contributed by atoms with Crippen LogP contribution in [0.25, 0.3) is 5.78 Å². The zero-order valence-corrected chi connectivity index (χ0v) is 16.4. The molecule has 1 aromatic carbocycles. The number of aromatic nitrogens is 3. The Kier molecular flexibility index (Phi) is 3.98. The number of hydrogen-bond donors (Lipinski definition) is 1. The van der Waals surface area contributed by atoms with Crippen LogP contribution in [0.5, 0.6) is 0 Å². The van der Waals surface area contributed by atoms with Crippen LogP contribution < -0.4 is 5.32 Å². The fourth-order valence-electron chi connectivity index (χ4n) is 4.51. The standard InChI is InChI=1S/C22H25N5O/c1-15-12-23-21-25-19(14-27(21)16(15)2)20(28)26-9-7-22(8-10-26)11-17-5-3-4-6-18(17)13-24-22/h3-6,12,14,24H,7-11,13H2,1-2H3. The molecule has 1 fully saturated rings. The third kappa shape index (κ3) is 2.79. The van der Waals surface area contributed by atoms with Crippen molar-refractivity contribution in [2.24, 2.45) is 0 Å². The zero-order valence-electron chi connectivity index (χ0n) is 16.4. The summed E-state index contributed by atoms with van der Waals surface area (Å²) in [6.45, 7) is 6.47. The van der Waals surface area contributed by atoms with Gasteiger partial charge in [0.2, 0.25) is 5.78 Å². The third-order valence-electron chi connectivity index (χ3n) is 6.52. The molecule has 2 aliphatic rings. The minimum absolute atomic E-state index is 0.00797. The molecule has 144 valence electrons. The van der Waals surface area contributed by atoms with Gasteiger partial charge in [-0.25, -0.2) is 9.97 Å². The molecule has 0 radical (unpaired) electrons. The van der Waals surface area contributed by atoms with Crippen LogP contribution in [0.15, 0.2) is 36.7 Å². The third-order valence-corrected chi connectivity index (χ3v) is 6.52. The summed E-state index contributed by atoms with van der Waals surface area (Å²) in [5, 5.41) is 3.76. The molecule has 4 heterocycles. The van der Waals surface area contributed by atoms with E-state index in [9.17, 15) is 4.79 Å². The molecule has 0 aliphatic carbocycles. The molecule has 1 spiro atoms. The fraction of sp³-hybridized carbons (Fsp3) is 0.409. The van der Waals surface area contributed by atoms with E-state index in [0.717, 1.165) is 50.2 Å². The summed E-state index contributed by atoms with van der Waals surface area (Å²) >= 11 is 0. The Labute approximate surface area is 164 Å². The predicted octanol–water partition coefficient (Wildman–Crippen LogP) is 2.67. The van der Waals surface area contributed by atoms with Gasteiger partial charge in [0.05, 0.1) is 0 Å². The van der Waals surface area contributed by atoms with Gasteiger partial charge in [-0.05, 0) is 49.8 Å². The van der Waals surface area contributed by atoms with Crippen molar-refractivity contribution in [2.75, 3.05) is 13.1 Å². The van der Waals surface area contributed by atoms with Crippen molar-refractivity contribution in [3.63, 3.8) is 0 Å². The second-order valence-electron chi connectivity index (χ2n) is 8.19. The van der Waals surface area contributed by atoms with E-state index in [1.165, 1.54) is 11.1 Å². The molecule has 3 aromatic rings. The van der Waals surface area contributed by atoms with E-state index in [2.05, 4.69) is 39.6 Å². The van der Waals surface area contributed by atoms with Gasteiger partial charge in [-0.1, -0.05) is 24.3 Å². The van der Waals surface area contributed by atoms with Crippen molar-refractivity contribution in [3.8, 4) is 0 Å². The number of carbonyl (C=O) groups is 1. The maximum Gasteiger partial charge on any atom is 0.274 e. The molecule has 1 amide bonds. The molecule has 5 rings (SSSR count). The Morgan fingerprint density at radius 1 is 1.14 bits per heavy atom. The highest BCUT2D eigenvalue weighted by molar-refractivity contribution is 5.92. The van der Waals surface area contributed by atoms with Crippen molar-refractivity contribution in [1.29, 1.82) is 0 Å². The number of fused-ring (bicyclic) bond motifs is 2. The molecule has 2 aliphatic heterocycles. The molecule has 2 aromatic heterocycles. The summed E-state index contributed by atoms with van der Waals surface area (Å²) in [6.07, 6.45) is 6.62. The zero-order chi connectivity index (χ0) is 19.3. The molecule has 0 atom stereocenters. The van der Waals surface area contributed by atoms with Crippen LogP contribution >= 0.6 is 0 Å². The molecule has 1 saturated heterocycles. The Morgan fingerprint density at radius 2 is 1.89 bits per heavy atom. The van der Waals surface area contributed by atoms with E-state index in [1.807, 2.05) is 35.5 Å². The van der Waals surface area contributed by atoms with Gasteiger partial charge in [0.1, 0.15) is 5.69 Å². The summed E-state index contributed by atoms with van der Waals surface area (Å²) in [6, 6.07) is 8.67. The highest BCUT2D eigenvalue weighted by atomic mass is 16.2. The maximum absolute atomic E-state index is 13.0. The first kappa shape index (κ1) is 17.4. The highest BCUT2D eigenvalue weighted by Gasteiger charge is 2.38. The van der Waals surface area contributed by atoms with E-state index < -0.39 is 0 Å². The van der Waals surface area contributed by atoms with E-state index in [-0.39, 0.29) is 11.4 Å². The number of nitrogens with one attached hydrogen (secondary N) is 1. The van der Waals surface area contributed by atoms with Crippen molar-refractivity contribution < 1.29 is 4.79 Å². The Bertz CT molecular complexity index is 1060. The average Bonchev–Trinajstić information content (AvgIpc) is 3.16. The molecule has 6 heteroatoms. The van der Waals surface area contributed by atoms with Gasteiger partial charge in [-0.3, -0.25) is 9.20 Å². The van der Waals surface area contributed by atoms with Gasteiger partial charge in [0.25, 0.3) is 5.91 Å². The summed E-state index contributed by atoms with van der Waals surface area (Å²) in [5.74, 6) is 0.596. The highest BCUT2D eigenvalue weighted by Crippen LogP contribution is 2.32. The minimum atomic E-state index is 0.00797. The van der Waals surface area contributed by atoms with Crippen LogP contribution in [0, 0.1) is 13.8 Å². The van der Waals surface area contributed by atoms with Crippen molar-refractivity contribution in [1.82, 2.24) is 24.6 Å². The first-order chi connectivity index (χ1) is 13.5. The lowest BCUT2D eigenvalue weighted by Gasteiger charge is -2.45. The number of amides is 1. The van der Waals surface area contributed by atoms with Crippen LogP contribution in [0.4, 0.5) is 0 Å². The van der Waals surface area contributed by atoms with E-state index in [0.29, 0.717) is 11.5 Å². The van der Waals surface area contributed by atoms with Crippen LogP contribution in [-0.4, -0.2) is 43.8 Å². The molecule has 6 nitrogen and oxygen atoms in total. The number of rotatable bonds is 1. The predicted molar refractivity (Wildman–Crippen MR) is 107 cm³/mol. The van der Waals surface area contributed by atoms with Crippen LogP contribution in [-0.2, 0) is 13.0 Å². The molecule has 28 heavy (non-hydrogen) atoms. The van der Waals surface area contributed by atoms with E-state index >= 15 is 0 Å². The molecule has 1 N–H and O–H groups in total. The van der Waals surface area contributed by atoms with Crippen LogP contribution in [0.1, 0.15) is 45.7 Å². The second kappa shape index (κ2) is 6.41. The number of piperidine rings is 1. The smallest absolute Gasteiger partial charge is 0.274 e. The second-order valence-corrected chi connectivity index (χ2v) is 8.19. The SMILES string of the molecule is Cc1cnc2nc(C(=O)N3CCC4(CC3)Cc3ccccc3CN4)cn2c1C. The van der Waals surface area contributed by atoms with Crippen LogP contribution in [0.3, 0.4) is 0 Å². The Hall–Kier alpha value is -2.73. The molecule has 0 unspecified atom stereocenters. The molecule has 0 saturated carbocycles. The average molecular weight is 375 g/mol. The summed E-state index contributed by atoms with van der Waals surface area (Å²) < 4.78 is 1.91. The van der Waals surface area contributed by atoms with E-state index in [1.54, 1.807) is 0 Å². The number of imidazole rings is 1. The van der Waals surface area contributed by atoms with Gasteiger partial charge in [-0.2, -0.15) is 0 Å². The molecular weight excluding hydrogens is 350 g/mol. The summed E-state index contributed by atoms with van der Waals surface area (Å²) in [4.78, 5) is 23.8. The van der Waals surface area contributed by atoms with Crippen molar-refractivity contribution in [3.05, 3.63) is 64.7 Å². The summed E-state index contributed by atoms with van der Waals surface area (Å²) in [5.41, 5.74) is 5.60. The Morgan fingerprint density at radius 3 is 2.68 bits per heavy atom. The lowest BCUT2D eigenvalue weighted by molar-refractivity contribution is 0.0626. The van der Waals surface area contributed by atoms with Crippen LogP contribution in [0.2, 0.25) is 0 Å². The number of carbonyl (C=O) groups excluding carboxylic acids is 1. The number of nitrogens with zero attached hydrogens (tertiary/aromatic N) is 4. The topological polar surface area (TPSA) is 62.5 Å². The largest absolute Gasteiger partial charge is 0.337 e. The van der Waals surface area contributed by atoms with Gasteiger partial charge in [-0.15, -0.1) is 0 Å². The minimum Gasteiger partial charge on any atom is -0.337 e. The Balaban J connectivity index is 1.32. The van der Waals surface area contributed by atoms with E-state index in [4.69, 9.17) is 0 Å². The van der Waals surface area contributed by atoms with Gasteiger partial charge in [0, 0.05) is 43.3 Å². The monoisotopic (exact) mass is 375 g/mol. The number of benzene rings is 1. The quantitative estimate of drug-likeness (QED) is 0.710. The fourth-order valence-corrected chi connectivity index (χ4v) is 4.51. The lowest BCUT2D eigenvalue weighted by atomic mass is 9.78. The number of hydrogen-bond acceptors (Lipinski definition) is 4. The van der Waals surface area contributed by atoms with Gasteiger partial charge >= 0.3 is 0 Å². The van der Waals surface area contributed by atoms with Crippen molar-refractivity contribution in [2.45, 2.75) is 45.2 Å². The number of aryl methyl sites for hydroxylation is 2.